The molecule has 0 saturated heterocycles. The van der Waals surface area contributed by atoms with E-state index in [1.165, 1.54) is 18.2 Å². The Morgan fingerprint density at radius 3 is 2.37 bits per heavy atom. The molecule has 0 fully saturated rings. The van der Waals surface area contributed by atoms with Crippen LogP contribution < -0.4 is 5.32 Å². The van der Waals surface area contributed by atoms with Crippen LogP contribution in [-0.2, 0) is 0 Å². The highest BCUT2D eigenvalue weighted by molar-refractivity contribution is 9.10. The Kier molecular flexibility index (Phi) is 4.66. The van der Waals surface area contributed by atoms with Crippen molar-refractivity contribution in [3.8, 4) is 0 Å². The van der Waals surface area contributed by atoms with Gasteiger partial charge in [0.05, 0.1) is 6.04 Å². The largest absolute Gasteiger partial charge is 0.306 e. The quantitative estimate of drug-likeness (QED) is 0.877. The van der Waals surface area contributed by atoms with Gasteiger partial charge in [0.15, 0.2) is 0 Å². The van der Waals surface area contributed by atoms with Crippen molar-refractivity contribution in [2.24, 2.45) is 0 Å². The summed E-state index contributed by atoms with van der Waals surface area (Å²) in [6, 6.07) is 10.7. The minimum Gasteiger partial charge on any atom is -0.306 e. The lowest BCUT2D eigenvalue weighted by Gasteiger charge is -2.21. The van der Waals surface area contributed by atoms with Gasteiger partial charge in [0.1, 0.15) is 11.6 Å². The SMILES string of the molecule is CCNC(c1ccc(F)cc1)c1c(F)cccc1Br. The minimum atomic E-state index is -0.304. The first-order valence-corrected chi connectivity index (χ1v) is 6.85. The molecule has 0 aliphatic rings. The summed E-state index contributed by atoms with van der Waals surface area (Å²) in [6.45, 7) is 2.63. The zero-order valence-electron chi connectivity index (χ0n) is 10.5. The van der Waals surface area contributed by atoms with Gasteiger partial charge in [-0.3, -0.25) is 0 Å². The molecule has 0 spiro atoms. The van der Waals surface area contributed by atoms with Crippen LogP contribution in [0.4, 0.5) is 8.78 Å². The highest BCUT2D eigenvalue weighted by Crippen LogP contribution is 2.30. The Labute approximate surface area is 119 Å². The van der Waals surface area contributed by atoms with E-state index in [2.05, 4.69) is 21.2 Å². The smallest absolute Gasteiger partial charge is 0.129 e. The summed E-state index contributed by atoms with van der Waals surface area (Å²) in [7, 11) is 0. The predicted molar refractivity (Wildman–Crippen MR) is 76.0 cm³/mol. The molecule has 0 aliphatic heterocycles. The molecule has 0 heterocycles. The summed E-state index contributed by atoms with van der Waals surface area (Å²) in [5, 5.41) is 3.22. The van der Waals surface area contributed by atoms with Gasteiger partial charge in [-0.25, -0.2) is 8.78 Å². The molecule has 0 aromatic heterocycles. The Morgan fingerprint density at radius 1 is 1.11 bits per heavy atom. The van der Waals surface area contributed by atoms with E-state index in [4.69, 9.17) is 0 Å². The van der Waals surface area contributed by atoms with Crippen LogP contribution in [0.25, 0.3) is 0 Å². The molecule has 1 atom stereocenters. The van der Waals surface area contributed by atoms with Crippen molar-refractivity contribution >= 4 is 15.9 Å². The average Bonchev–Trinajstić information content (AvgIpc) is 2.38. The standard InChI is InChI=1S/C15H14BrF2N/c1-2-19-15(10-6-8-11(17)9-7-10)14-12(16)4-3-5-13(14)18/h3-9,15,19H,2H2,1H3. The van der Waals surface area contributed by atoms with Crippen molar-refractivity contribution in [2.75, 3.05) is 6.54 Å². The molecule has 19 heavy (non-hydrogen) atoms. The van der Waals surface area contributed by atoms with E-state index in [1.807, 2.05) is 6.92 Å². The molecule has 0 saturated carbocycles. The summed E-state index contributed by atoms with van der Waals surface area (Å²) in [6.07, 6.45) is 0. The van der Waals surface area contributed by atoms with Crippen molar-refractivity contribution in [2.45, 2.75) is 13.0 Å². The molecule has 1 nitrogen and oxygen atoms in total. The third kappa shape index (κ3) is 3.19. The molecule has 2 aromatic rings. The van der Waals surface area contributed by atoms with Crippen LogP contribution in [0, 0.1) is 11.6 Å². The van der Waals surface area contributed by atoms with Gasteiger partial charge < -0.3 is 5.32 Å². The van der Waals surface area contributed by atoms with Gasteiger partial charge in [0, 0.05) is 10.0 Å². The molecule has 100 valence electrons. The first-order valence-electron chi connectivity index (χ1n) is 6.06. The maximum Gasteiger partial charge on any atom is 0.129 e. The molecule has 0 radical (unpaired) electrons. The molecule has 2 rings (SSSR count). The molecular formula is C15H14BrF2N. The topological polar surface area (TPSA) is 12.0 Å². The van der Waals surface area contributed by atoms with Gasteiger partial charge in [-0.1, -0.05) is 41.1 Å². The predicted octanol–water partition coefficient (Wildman–Crippen LogP) is 4.43. The Bertz CT molecular complexity index is 534. The Balaban J connectivity index is 2.48. The summed E-state index contributed by atoms with van der Waals surface area (Å²) < 4.78 is 27.7. The number of hydrogen-bond acceptors (Lipinski definition) is 1. The fourth-order valence-electron chi connectivity index (χ4n) is 2.03. The second-order valence-corrected chi connectivity index (χ2v) is 5.03. The van der Waals surface area contributed by atoms with E-state index in [9.17, 15) is 8.78 Å². The lowest BCUT2D eigenvalue weighted by molar-refractivity contribution is 0.555. The molecule has 1 unspecified atom stereocenters. The van der Waals surface area contributed by atoms with Crippen LogP contribution in [0.5, 0.6) is 0 Å². The monoisotopic (exact) mass is 325 g/mol. The van der Waals surface area contributed by atoms with Crippen molar-refractivity contribution < 1.29 is 8.78 Å². The lowest BCUT2D eigenvalue weighted by atomic mass is 9.98. The normalized spacial score (nSPS) is 12.4. The minimum absolute atomic E-state index is 0.287. The summed E-state index contributed by atoms with van der Waals surface area (Å²) >= 11 is 3.38. The fraction of sp³-hybridized carbons (Fsp3) is 0.200. The molecule has 2 aromatic carbocycles. The van der Waals surface area contributed by atoms with Gasteiger partial charge in [-0.05, 0) is 36.4 Å². The molecule has 4 heteroatoms. The van der Waals surface area contributed by atoms with Crippen LogP contribution >= 0.6 is 15.9 Å². The molecule has 1 N–H and O–H groups in total. The molecule has 0 aliphatic carbocycles. The second-order valence-electron chi connectivity index (χ2n) is 4.18. The summed E-state index contributed by atoms with van der Waals surface area (Å²) in [4.78, 5) is 0. The first kappa shape index (κ1) is 14.2. The van der Waals surface area contributed by atoms with Crippen LogP contribution in [0.2, 0.25) is 0 Å². The van der Waals surface area contributed by atoms with Crippen molar-refractivity contribution in [3.63, 3.8) is 0 Å². The van der Waals surface area contributed by atoms with Crippen molar-refractivity contribution in [1.82, 2.24) is 5.32 Å². The maximum atomic E-state index is 14.0. The van der Waals surface area contributed by atoms with Crippen molar-refractivity contribution in [3.05, 3.63) is 69.7 Å². The van der Waals surface area contributed by atoms with E-state index in [-0.39, 0.29) is 17.7 Å². The van der Waals surface area contributed by atoms with Gasteiger partial charge >= 0.3 is 0 Å². The maximum absolute atomic E-state index is 14.0. The van der Waals surface area contributed by atoms with E-state index in [0.717, 1.165) is 5.56 Å². The third-order valence-electron chi connectivity index (χ3n) is 2.90. The summed E-state index contributed by atoms with van der Waals surface area (Å²) in [5.41, 5.74) is 1.37. The van der Waals surface area contributed by atoms with E-state index >= 15 is 0 Å². The van der Waals surface area contributed by atoms with Crippen LogP contribution in [0.3, 0.4) is 0 Å². The lowest BCUT2D eigenvalue weighted by Crippen LogP contribution is -2.23. The van der Waals surface area contributed by atoms with Gasteiger partial charge in [0.25, 0.3) is 0 Å². The van der Waals surface area contributed by atoms with Crippen LogP contribution in [0.15, 0.2) is 46.9 Å². The third-order valence-corrected chi connectivity index (χ3v) is 3.59. The van der Waals surface area contributed by atoms with E-state index in [1.54, 1.807) is 24.3 Å². The fourth-order valence-corrected chi connectivity index (χ4v) is 2.60. The highest BCUT2D eigenvalue weighted by atomic mass is 79.9. The van der Waals surface area contributed by atoms with Gasteiger partial charge in [-0.15, -0.1) is 0 Å². The van der Waals surface area contributed by atoms with Gasteiger partial charge in [0.2, 0.25) is 0 Å². The summed E-state index contributed by atoms with van der Waals surface area (Å²) in [5.74, 6) is -0.587. The average molecular weight is 326 g/mol. The van der Waals surface area contributed by atoms with Crippen LogP contribution in [0.1, 0.15) is 24.1 Å². The number of rotatable bonds is 4. The second kappa shape index (κ2) is 6.26. The van der Waals surface area contributed by atoms with Crippen molar-refractivity contribution in [1.29, 1.82) is 0 Å². The molecular weight excluding hydrogens is 312 g/mol. The van der Waals surface area contributed by atoms with Gasteiger partial charge in [-0.2, -0.15) is 0 Å². The number of nitrogens with one attached hydrogen (secondary N) is 1. The van der Waals surface area contributed by atoms with E-state index in [0.29, 0.717) is 16.6 Å². The zero-order valence-corrected chi connectivity index (χ0v) is 12.0. The Morgan fingerprint density at radius 2 is 1.79 bits per heavy atom. The number of benzene rings is 2. The van der Waals surface area contributed by atoms with E-state index < -0.39 is 0 Å². The first-order chi connectivity index (χ1) is 9.13. The molecule has 0 amide bonds. The Hall–Kier alpha value is -1.26. The highest BCUT2D eigenvalue weighted by Gasteiger charge is 2.19. The van der Waals surface area contributed by atoms with Crippen LogP contribution in [-0.4, -0.2) is 6.54 Å². The zero-order chi connectivity index (χ0) is 13.8. The number of hydrogen-bond donors (Lipinski definition) is 1. The number of halogens is 3. The molecule has 0 bridgehead atoms.